The van der Waals surface area contributed by atoms with Crippen LogP contribution in [0, 0.1) is 0 Å². The van der Waals surface area contributed by atoms with Crippen molar-refractivity contribution in [2.24, 2.45) is 0 Å². The maximum atomic E-state index is 12.8. The summed E-state index contributed by atoms with van der Waals surface area (Å²) in [6, 6.07) is 4.56. The highest BCUT2D eigenvalue weighted by atomic mass is 19.4. The lowest BCUT2D eigenvalue weighted by Gasteiger charge is -2.28. The zero-order valence-electron chi connectivity index (χ0n) is 12.8. The summed E-state index contributed by atoms with van der Waals surface area (Å²) in [5, 5.41) is 3.86. The number of hydrogen-bond donors (Lipinski definition) is 0. The van der Waals surface area contributed by atoms with Crippen LogP contribution >= 0.6 is 0 Å². The fraction of sp³-hybridized carbons (Fsp3) is 0.400. The van der Waals surface area contributed by atoms with E-state index in [0.29, 0.717) is 12.1 Å². The van der Waals surface area contributed by atoms with Gasteiger partial charge >= 0.3 is 6.18 Å². The fourth-order valence-electron chi connectivity index (χ4n) is 2.36. The highest BCUT2D eigenvalue weighted by Crippen LogP contribution is 2.31. The second-order valence-corrected chi connectivity index (χ2v) is 5.07. The molecule has 0 aliphatic rings. The molecular formula is C15H17F3N4O. The van der Waals surface area contributed by atoms with Gasteiger partial charge in [-0.2, -0.15) is 18.3 Å². The van der Waals surface area contributed by atoms with Gasteiger partial charge in [0.25, 0.3) is 0 Å². The first-order valence-electron chi connectivity index (χ1n) is 7.12. The van der Waals surface area contributed by atoms with Crippen LogP contribution in [-0.4, -0.2) is 32.1 Å². The quantitative estimate of drug-likeness (QED) is 0.849. The Morgan fingerprint density at radius 1 is 1.39 bits per heavy atom. The van der Waals surface area contributed by atoms with Gasteiger partial charge in [-0.1, -0.05) is 12.1 Å². The molecule has 2 aromatic rings. The number of rotatable bonds is 5. The number of aromatic nitrogens is 3. The topological polar surface area (TPSA) is 51.0 Å². The number of carbonyl (C=O) groups is 1. The molecule has 8 heteroatoms. The average Bonchev–Trinajstić information content (AvgIpc) is 3.00. The van der Waals surface area contributed by atoms with Crippen molar-refractivity contribution in [2.75, 3.05) is 6.54 Å². The first kappa shape index (κ1) is 17.0. The molecule has 1 amide bonds. The standard InChI is InChI=1S/C15H17F3N4O/c1-3-22(14(23)8-21-10-19-9-20-21)11(2)12-5-4-6-13(7-12)15(16,17)18/h4-7,9-11H,3,8H2,1-2H3/t11-/m1/s1. The molecule has 2 rings (SSSR count). The molecular weight excluding hydrogens is 309 g/mol. The van der Waals surface area contributed by atoms with Crippen LogP contribution in [0.5, 0.6) is 0 Å². The number of alkyl halides is 3. The van der Waals surface area contributed by atoms with Crippen molar-refractivity contribution in [3.05, 3.63) is 48.0 Å². The van der Waals surface area contributed by atoms with Gasteiger partial charge in [0.15, 0.2) is 0 Å². The maximum Gasteiger partial charge on any atom is 0.416 e. The minimum Gasteiger partial charge on any atom is -0.335 e. The van der Waals surface area contributed by atoms with Crippen LogP contribution in [0.15, 0.2) is 36.9 Å². The third kappa shape index (κ3) is 4.08. The second-order valence-electron chi connectivity index (χ2n) is 5.07. The molecule has 0 aliphatic heterocycles. The molecule has 0 N–H and O–H groups in total. The third-order valence-electron chi connectivity index (χ3n) is 3.59. The van der Waals surface area contributed by atoms with Crippen LogP contribution < -0.4 is 0 Å². The molecule has 0 bridgehead atoms. The van der Waals surface area contributed by atoms with E-state index in [1.165, 1.54) is 28.3 Å². The summed E-state index contributed by atoms with van der Waals surface area (Å²) in [7, 11) is 0. The Morgan fingerprint density at radius 3 is 2.70 bits per heavy atom. The highest BCUT2D eigenvalue weighted by molar-refractivity contribution is 5.76. The molecule has 0 aliphatic carbocycles. The van der Waals surface area contributed by atoms with Gasteiger partial charge in [-0.15, -0.1) is 0 Å². The lowest BCUT2D eigenvalue weighted by molar-refractivity contribution is -0.137. The molecule has 0 saturated carbocycles. The molecule has 0 spiro atoms. The Morgan fingerprint density at radius 2 is 2.13 bits per heavy atom. The van der Waals surface area contributed by atoms with Crippen molar-refractivity contribution in [2.45, 2.75) is 32.6 Å². The summed E-state index contributed by atoms with van der Waals surface area (Å²) >= 11 is 0. The molecule has 0 radical (unpaired) electrons. The second kappa shape index (κ2) is 6.80. The van der Waals surface area contributed by atoms with Gasteiger partial charge in [-0.05, 0) is 31.5 Å². The van der Waals surface area contributed by atoms with Crippen LogP contribution in [0.2, 0.25) is 0 Å². The van der Waals surface area contributed by atoms with E-state index >= 15 is 0 Å². The molecule has 1 aromatic carbocycles. The van der Waals surface area contributed by atoms with Gasteiger partial charge in [0.2, 0.25) is 5.91 Å². The highest BCUT2D eigenvalue weighted by Gasteiger charge is 2.31. The van der Waals surface area contributed by atoms with Crippen molar-refractivity contribution < 1.29 is 18.0 Å². The zero-order chi connectivity index (χ0) is 17.0. The molecule has 1 heterocycles. The Kier molecular flexibility index (Phi) is 5.02. The molecule has 1 atom stereocenters. The van der Waals surface area contributed by atoms with Gasteiger partial charge in [0.1, 0.15) is 19.2 Å². The average molecular weight is 326 g/mol. The minimum atomic E-state index is -4.41. The lowest BCUT2D eigenvalue weighted by Crippen LogP contribution is -2.36. The van der Waals surface area contributed by atoms with Gasteiger partial charge in [-0.25, -0.2) is 9.67 Å². The summed E-state index contributed by atoms with van der Waals surface area (Å²) in [6.07, 6.45) is -1.67. The summed E-state index contributed by atoms with van der Waals surface area (Å²) < 4.78 is 39.9. The fourth-order valence-corrected chi connectivity index (χ4v) is 2.36. The van der Waals surface area contributed by atoms with E-state index < -0.39 is 17.8 Å². The Labute approximate surface area is 131 Å². The molecule has 124 valence electrons. The molecule has 0 fully saturated rings. The van der Waals surface area contributed by atoms with Crippen molar-refractivity contribution in [1.29, 1.82) is 0 Å². The van der Waals surface area contributed by atoms with Gasteiger partial charge in [0, 0.05) is 6.54 Å². The molecule has 0 saturated heterocycles. The summed E-state index contributed by atoms with van der Waals surface area (Å²) in [5.74, 6) is -0.233. The van der Waals surface area contributed by atoms with E-state index in [4.69, 9.17) is 0 Å². The molecule has 0 unspecified atom stereocenters. The number of nitrogens with zero attached hydrogens (tertiary/aromatic N) is 4. The summed E-state index contributed by atoms with van der Waals surface area (Å²) in [6.45, 7) is 3.86. The normalized spacial score (nSPS) is 12.9. The first-order valence-corrected chi connectivity index (χ1v) is 7.12. The van der Waals surface area contributed by atoms with Gasteiger partial charge in [-0.3, -0.25) is 4.79 Å². The maximum absolute atomic E-state index is 12.8. The van der Waals surface area contributed by atoms with E-state index in [1.807, 2.05) is 0 Å². The number of likely N-dealkylation sites (N-methyl/N-ethyl adjacent to an activating group) is 1. The van der Waals surface area contributed by atoms with Crippen LogP contribution in [0.4, 0.5) is 13.2 Å². The van der Waals surface area contributed by atoms with E-state index in [1.54, 1.807) is 19.9 Å². The first-order chi connectivity index (χ1) is 10.8. The molecule has 5 nitrogen and oxygen atoms in total. The number of benzene rings is 1. The van der Waals surface area contributed by atoms with Crippen molar-refractivity contribution in [3.8, 4) is 0 Å². The number of hydrogen-bond acceptors (Lipinski definition) is 3. The Bertz CT molecular complexity index is 655. The predicted molar refractivity (Wildman–Crippen MR) is 77.3 cm³/mol. The van der Waals surface area contributed by atoms with E-state index in [-0.39, 0.29) is 12.5 Å². The summed E-state index contributed by atoms with van der Waals surface area (Å²) in [5.41, 5.74) is -0.282. The van der Waals surface area contributed by atoms with E-state index in [0.717, 1.165) is 12.1 Å². The van der Waals surface area contributed by atoms with Crippen LogP contribution in [0.3, 0.4) is 0 Å². The smallest absolute Gasteiger partial charge is 0.335 e. The van der Waals surface area contributed by atoms with Crippen LogP contribution in [0.25, 0.3) is 0 Å². The largest absolute Gasteiger partial charge is 0.416 e. The lowest BCUT2D eigenvalue weighted by atomic mass is 10.0. The predicted octanol–water partition coefficient (Wildman–Crippen LogP) is 2.91. The number of halogens is 3. The Balaban J connectivity index is 2.19. The van der Waals surface area contributed by atoms with Crippen molar-refractivity contribution in [3.63, 3.8) is 0 Å². The van der Waals surface area contributed by atoms with E-state index in [2.05, 4.69) is 10.1 Å². The summed E-state index contributed by atoms with van der Waals surface area (Å²) in [4.78, 5) is 17.6. The molecule has 23 heavy (non-hydrogen) atoms. The Hall–Kier alpha value is -2.38. The zero-order valence-corrected chi connectivity index (χ0v) is 12.8. The minimum absolute atomic E-state index is 0.00284. The SMILES string of the molecule is CCN(C(=O)Cn1cncn1)[C@H](C)c1cccc(C(F)(F)F)c1. The molecule has 1 aromatic heterocycles. The van der Waals surface area contributed by atoms with Gasteiger partial charge < -0.3 is 4.90 Å². The van der Waals surface area contributed by atoms with Crippen LogP contribution in [-0.2, 0) is 17.5 Å². The van der Waals surface area contributed by atoms with E-state index in [9.17, 15) is 18.0 Å². The van der Waals surface area contributed by atoms with Crippen molar-refractivity contribution in [1.82, 2.24) is 19.7 Å². The number of amides is 1. The number of carbonyl (C=O) groups excluding carboxylic acids is 1. The van der Waals surface area contributed by atoms with Gasteiger partial charge in [0.05, 0.1) is 11.6 Å². The van der Waals surface area contributed by atoms with Crippen LogP contribution in [0.1, 0.15) is 31.0 Å². The third-order valence-corrected chi connectivity index (χ3v) is 3.59. The monoisotopic (exact) mass is 326 g/mol. The van der Waals surface area contributed by atoms with Crippen molar-refractivity contribution >= 4 is 5.91 Å².